The molecular weight excluding hydrogens is 567 g/mol. The predicted octanol–water partition coefficient (Wildman–Crippen LogP) is 7.10. The lowest BCUT2D eigenvalue weighted by Gasteiger charge is -2.30. The summed E-state index contributed by atoms with van der Waals surface area (Å²) in [5, 5.41) is 20.6. The SMILES string of the molecule is CCOc1ccccc1[C@@H]1C(C#N)=C(SCC(=O)Nc2cc(Cl)cc(Cl)c2)NC(C)=C1C(=O)Nc1ccccc1. The topological polar surface area (TPSA) is 103 Å². The van der Waals surface area contributed by atoms with Crippen LogP contribution in [0.2, 0.25) is 10.0 Å². The van der Waals surface area contributed by atoms with Crippen molar-refractivity contribution >= 4 is 58.2 Å². The molecule has 0 bridgehead atoms. The zero-order valence-corrected chi connectivity index (χ0v) is 24.1. The van der Waals surface area contributed by atoms with Crippen LogP contribution in [0.5, 0.6) is 5.75 Å². The van der Waals surface area contributed by atoms with Crippen LogP contribution in [-0.2, 0) is 9.59 Å². The summed E-state index contributed by atoms with van der Waals surface area (Å²) in [6.45, 7) is 4.06. The molecule has 0 saturated carbocycles. The lowest BCUT2D eigenvalue weighted by Crippen LogP contribution is -2.31. The zero-order valence-electron chi connectivity index (χ0n) is 21.8. The van der Waals surface area contributed by atoms with Gasteiger partial charge >= 0.3 is 0 Å². The largest absolute Gasteiger partial charge is 0.494 e. The van der Waals surface area contributed by atoms with E-state index in [-0.39, 0.29) is 17.6 Å². The highest BCUT2D eigenvalue weighted by Crippen LogP contribution is 2.44. The van der Waals surface area contributed by atoms with Crippen molar-refractivity contribution in [2.24, 2.45) is 0 Å². The highest BCUT2D eigenvalue weighted by Gasteiger charge is 2.36. The first-order valence-corrected chi connectivity index (χ1v) is 14.1. The predicted molar refractivity (Wildman–Crippen MR) is 161 cm³/mol. The first-order chi connectivity index (χ1) is 19.3. The maximum atomic E-state index is 13.6. The number of nitriles is 1. The van der Waals surface area contributed by atoms with Gasteiger partial charge in [0, 0.05) is 38.3 Å². The fourth-order valence-electron chi connectivity index (χ4n) is 4.33. The third kappa shape index (κ3) is 6.99. The van der Waals surface area contributed by atoms with Crippen LogP contribution in [0, 0.1) is 11.3 Å². The molecular formula is C30H26Cl2N4O3S. The summed E-state index contributed by atoms with van der Waals surface area (Å²) in [4.78, 5) is 26.4. The molecule has 4 rings (SSSR count). The Morgan fingerprint density at radius 3 is 2.35 bits per heavy atom. The molecule has 3 aromatic rings. The lowest BCUT2D eigenvalue weighted by molar-refractivity contribution is -0.114. The number of rotatable bonds is 9. The van der Waals surface area contributed by atoms with E-state index in [4.69, 9.17) is 27.9 Å². The molecule has 204 valence electrons. The molecule has 0 fully saturated rings. The van der Waals surface area contributed by atoms with Crippen molar-refractivity contribution in [3.8, 4) is 11.8 Å². The van der Waals surface area contributed by atoms with Crippen LogP contribution in [0.1, 0.15) is 25.3 Å². The van der Waals surface area contributed by atoms with E-state index in [0.29, 0.717) is 61.2 Å². The molecule has 1 heterocycles. The number of allylic oxidation sites excluding steroid dienone is 2. The van der Waals surface area contributed by atoms with Crippen molar-refractivity contribution in [3.63, 3.8) is 0 Å². The summed E-state index contributed by atoms with van der Waals surface area (Å²) in [6.07, 6.45) is 0. The normalized spacial score (nSPS) is 14.7. The van der Waals surface area contributed by atoms with E-state index in [1.54, 1.807) is 37.3 Å². The van der Waals surface area contributed by atoms with E-state index in [9.17, 15) is 14.9 Å². The summed E-state index contributed by atoms with van der Waals surface area (Å²) >= 11 is 13.3. The Kier molecular flexibility index (Phi) is 9.78. The number of hydrogen-bond acceptors (Lipinski definition) is 6. The van der Waals surface area contributed by atoms with Crippen LogP contribution in [0.4, 0.5) is 11.4 Å². The standard InChI is InChI=1S/C30H26Cl2N4O3S/c1-3-39-25-12-8-7-11-23(25)28-24(16-33)30(40-17-26(37)35-22-14-19(31)13-20(32)15-22)34-18(2)27(28)29(38)36-21-9-5-4-6-10-21/h4-15,28,34H,3,17H2,1-2H3,(H,35,37)(H,36,38)/t28-/m1/s1. The molecule has 40 heavy (non-hydrogen) atoms. The number of carbonyl (C=O) groups excluding carboxylic acids is 2. The summed E-state index contributed by atoms with van der Waals surface area (Å²) in [5.41, 5.74) is 3.03. The number of nitrogens with one attached hydrogen (secondary N) is 3. The average molecular weight is 594 g/mol. The molecule has 0 saturated heterocycles. The molecule has 0 spiro atoms. The number of para-hydroxylation sites is 2. The number of ether oxygens (including phenoxy) is 1. The Balaban J connectivity index is 1.67. The van der Waals surface area contributed by atoms with Crippen molar-refractivity contribution in [1.29, 1.82) is 5.26 Å². The van der Waals surface area contributed by atoms with E-state index in [1.807, 2.05) is 49.4 Å². The van der Waals surface area contributed by atoms with Crippen molar-refractivity contribution < 1.29 is 14.3 Å². The van der Waals surface area contributed by atoms with Gasteiger partial charge in [0.2, 0.25) is 5.91 Å². The minimum atomic E-state index is -0.727. The summed E-state index contributed by atoms with van der Waals surface area (Å²) in [7, 11) is 0. The highest BCUT2D eigenvalue weighted by molar-refractivity contribution is 8.03. The molecule has 1 aliphatic heterocycles. The smallest absolute Gasteiger partial charge is 0.254 e. The van der Waals surface area contributed by atoms with Gasteiger partial charge in [-0.3, -0.25) is 9.59 Å². The molecule has 0 aromatic heterocycles. The van der Waals surface area contributed by atoms with Crippen LogP contribution in [-0.4, -0.2) is 24.2 Å². The number of nitrogens with zero attached hydrogens (tertiary/aromatic N) is 1. The van der Waals surface area contributed by atoms with E-state index in [0.717, 1.165) is 0 Å². The summed E-state index contributed by atoms with van der Waals surface area (Å²) in [5.74, 6) is -0.816. The second kappa shape index (κ2) is 13.4. The lowest BCUT2D eigenvalue weighted by atomic mass is 9.81. The number of hydrogen-bond donors (Lipinski definition) is 3. The molecule has 3 aromatic carbocycles. The van der Waals surface area contributed by atoms with Gasteiger partial charge in [-0.25, -0.2) is 0 Å². The van der Waals surface area contributed by atoms with Crippen LogP contribution in [0.25, 0.3) is 0 Å². The van der Waals surface area contributed by atoms with Gasteiger partial charge in [-0.2, -0.15) is 5.26 Å². The van der Waals surface area contributed by atoms with Crippen LogP contribution < -0.4 is 20.7 Å². The molecule has 0 unspecified atom stereocenters. The minimum absolute atomic E-state index is 0.00367. The molecule has 7 nitrogen and oxygen atoms in total. The second-order valence-electron chi connectivity index (χ2n) is 8.74. The van der Waals surface area contributed by atoms with Gasteiger partial charge in [0.15, 0.2) is 0 Å². The number of benzene rings is 3. The fraction of sp³-hybridized carbons (Fsp3) is 0.167. The Hall–Kier alpha value is -3.90. The molecule has 0 radical (unpaired) electrons. The van der Waals surface area contributed by atoms with Crippen molar-refractivity contribution in [2.45, 2.75) is 19.8 Å². The van der Waals surface area contributed by atoms with Crippen LogP contribution in [0.15, 0.2) is 94.7 Å². The minimum Gasteiger partial charge on any atom is -0.494 e. The fourth-order valence-corrected chi connectivity index (χ4v) is 5.74. The number of dihydropyridines is 1. The third-order valence-corrected chi connectivity index (χ3v) is 7.40. The average Bonchev–Trinajstić information content (AvgIpc) is 2.92. The van der Waals surface area contributed by atoms with Crippen molar-refractivity contribution in [1.82, 2.24) is 5.32 Å². The van der Waals surface area contributed by atoms with Crippen LogP contribution in [0.3, 0.4) is 0 Å². The van der Waals surface area contributed by atoms with E-state index < -0.39 is 5.92 Å². The van der Waals surface area contributed by atoms with E-state index in [2.05, 4.69) is 22.0 Å². The maximum absolute atomic E-state index is 13.6. The van der Waals surface area contributed by atoms with Crippen molar-refractivity contribution in [3.05, 3.63) is 110 Å². The van der Waals surface area contributed by atoms with Gasteiger partial charge in [0.25, 0.3) is 5.91 Å². The number of anilines is 2. The van der Waals surface area contributed by atoms with Gasteiger partial charge in [0.05, 0.1) is 34.9 Å². The van der Waals surface area contributed by atoms with E-state index >= 15 is 0 Å². The maximum Gasteiger partial charge on any atom is 0.254 e. The Bertz CT molecular complexity index is 1510. The van der Waals surface area contributed by atoms with Gasteiger partial charge < -0.3 is 20.7 Å². The summed E-state index contributed by atoms with van der Waals surface area (Å²) in [6, 6.07) is 23.5. The Morgan fingerprint density at radius 1 is 1.00 bits per heavy atom. The van der Waals surface area contributed by atoms with E-state index in [1.165, 1.54) is 11.8 Å². The number of halogens is 2. The van der Waals surface area contributed by atoms with Crippen LogP contribution >= 0.6 is 35.0 Å². The number of carbonyl (C=O) groups is 2. The molecule has 1 atom stereocenters. The second-order valence-corrected chi connectivity index (χ2v) is 10.6. The van der Waals surface area contributed by atoms with Crippen molar-refractivity contribution in [2.75, 3.05) is 23.0 Å². The first kappa shape index (κ1) is 29.1. The first-order valence-electron chi connectivity index (χ1n) is 12.4. The molecule has 0 aliphatic carbocycles. The molecule has 1 aliphatic rings. The van der Waals surface area contributed by atoms with Gasteiger partial charge in [-0.15, -0.1) is 0 Å². The molecule has 2 amide bonds. The quantitative estimate of drug-likeness (QED) is 0.245. The monoisotopic (exact) mass is 592 g/mol. The number of thioether (sulfide) groups is 1. The van der Waals surface area contributed by atoms with Gasteiger partial charge in [-0.05, 0) is 50.2 Å². The highest BCUT2D eigenvalue weighted by atomic mass is 35.5. The third-order valence-electron chi connectivity index (χ3n) is 5.95. The number of amides is 2. The molecule has 10 heteroatoms. The van der Waals surface area contributed by atoms with Gasteiger partial charge in [0.1, 0.15) is 5.75 Å². The molecule has 3 N–H and O–H groups in total. The van der Waals surface area contributed by atoms with Gasteiger partial charge in [-0.1, -0.05) is 71.4 Å². The Morgan fingerprint density at radius 2 is 1.68 bits per heavy atom. The zero-order chi connectivity index (χ0) is 28.6. The summed E-state index contributed by atoms with van der Waals surface area (Å²) < 4.78 is 5.88. The Labute approximate surface area is 247 Å².